The molecule has 3 aromatic carbocycles. The van der Waals surface area contributed by atoms with Crippen molar-refractivity contribution in [1.29, 1.82) is 0 Å². The molecule has 0 bridgehead atoms. The minimum absolute atomic E-state index is 0.0634. The van der Waals surface area contributed by atoms with E-state index in [1.54, 1.807) is 4.40 Å². The van der Waals surface area contributed by atoms with E-state index in [1.807, 2.05) is 66.7 Å². The Morgan fingerprint density at radius 3 is 2.59 bits per heavy atom. The molecule has 0 amide bonds. The van der Waals surface area contributed by atoms with Crippen molar-refractivity contribution >= 4 is 33.4 Å². The number of aromatic nitrogens is 2. The highest BCUT2D eigenvalue weighted by Gasteiger charge is 2.11. The summed E-state index contributed by atoms with van der Waals surface area (Å²) in [6.07, 6.45) is 1.87. The second kappa shape index (κ2) is 8.48. The topological polar surface area (TPSA) is 52.8 Å². The highest BCUT2D eigenvalue weighted by Crippen LogP contribution is 2.20. The molecule has 6 heteroatoms. The molecule has 5 aromatic rings. The monoisotopic (exact) mass is 442 g/mol. The van der Waals surface area contributed by atoms with Crippen molar-refractivity contribution in [3.8, 4) is 11.5 Å². The Morgan fingerprint density at radius 1 is 0.938 bits per heavy atom. The number of para-hydroxylation sites is 3. The van der Waals surface area contributed by atoms with Crippen LogP contribution in [-0.4, -0.2) is 22.6 Å². The maximum Gasteiger partial charge on any atom is 0.274 e. The highest BCUT2D eigenvalue weighted by molar-refractivity contribution is 7.15. The minimum Gasteiger partial charge on any atom is -0.490 e. The van der Waals surface area contributed by atoms with Crippen molar-refractivity contribution < 1.29 is 9.47 Å². The van der Waals surface area contributed by atoms with E-state index in [-0.39, 0.29) is 5.56 Å². The Bertz CT molecular complexity index is 1530. The zero-order valence-electron chi connectivity index (χ0n) is 17.9. The molecule has 2 heterocycles. The molecule has 0 radical (unpaired) electrons. The second-order valence-corrected chi connectivity index (χ2v) is 8.62. The number of benzene rings is 3. The second-order valence-electron chi connectivity index (χ2n) is 7.62. The Balaban J connectivity index is 1.36. The maximum absolute atomic E-state index is 13.0. The normalized spacial score (nSPS) is 12.0. The quantitative estimate of drug-likeness (QED) is 0.363. The highest BCUT2D eigenvalue weighted by atomic mass is 32.1. The number of fused-ring (bicyclic) bond motifs is 3. The van der Waals surface area contributed by atoms with Crippen LogP contribution in [0.15, 0.2) is 71.5 Å². The molecule has 0 unspecified atom stereocenters. The van der Waals surface area contributed by atoms with E-state index in [9.17, 15) is 4.79 Å². The summed E-state index contributed by atoms with van der Waals surface area (Å²) in [6.45, 7) is 4.99. The fourth-order valence-corrected chi connectivity index (χ4v) is 4.58. The van der Waals surface area contributed by atoms with Crippen LogP contribution in [0.3, 0.4) is 0 Å². The molecule has 0 aliphatic rings. The summed E-state index contributed by atoms with van der Waals surface area (Å²) < 4.78 is 14.1. The molecule has 0 aliphatic heterocycles. The summed E-state index contributed by atoms with van der Waals surface area (Å²) in [5, 5.41) is 0. The van der Waals surface area contributed by atoms with Crippen LogP contribution in [0.25, 0.3) is 22.1 Å². The average molecular weight is 443 g/mol. The van der Waals surface area contributed by atoms with Crippen LogP contribution >= 0.6 is 11.3 Å². The van der Waals surface area contributed by atoms with E-state index in [0.29, 0.717) is 28.5 Å². The summed E-state index contributed by atoms with van der Waals surface area (Å²) >= 11 is 1.38. The molecule has 32 heavy (non-hydrogen) atoms. The van der Waals surface area contributed by atoms with E-state index >= 15 is 0 Å². The molecule has 0 atom stereocenters. The molecule has 0 fully saturated rings. The molecule has 0 saturated heterocycles. The summed E-state index contributed by atoms with van der Waals surface area (Å²) in [5.74, 6) is 1.55. The molecule has 5 nitrogen and oxygen atoms in total. The van der Waals surface area contributed by atoms with Gasteiger partial charge < -0.3 is 9.47 Å². The van der Waals surface area contributed by atoms with Gasteiger partial charge in [-0.25, -0.2) is 9.38 Å². The van der Waals surface area contributed by atoms with Crippen molar-refractivity contribution in [2.75, 3.05) is 13.2 Å². The van der Waals surface area contributed by atoms with E-state index < -0.39 is 0 Å². The Morgan fingerprint density at radius 2 is 1.72 bits per heavy atom. The van der Waals surface area contributed by atoms with Gasteiger partial charge in [0.25, 0.3) is 5.56 Å². The van der Waals surface area contributed by atoms with Crippen LogP contribution in [0, 0.1) is 13.8 Å². The maximum atomic E-state index is 13.0. The van der Waals surface area contributed by atoms with Gasteiger partial charge in [0.1, 0.15) is 24.7 Å². The molecule has 0 aliphatic carbocycles. The van der Waals surface area contributed by atoms with Crippen LogP contribution in [0.1, 0.15) is 16.7 Å². The fourth-order valence-electron chi connectivity index (χ4n) is 3.60. The third-order valence-electron chi connectivity index (χ3n) is 5.44. The van der Waals surface area contributed by atoms with Gasteiger partial charge in [-0.1, -0.05) is 47.7 Å². The largest absolute Gasteiger partial charge is 0.490 e. The van der Waals surface area contributed by atoms with E-state index in [4.69, 9.17) is 9.47 Å². The fraction of sp³-hybridized carbons (Fsp3) is 0.154. The summed E-state index contributed by atoms with van der Waals surface area (Å²) in [7, 11) is 0. The predicted octanol–water partition coefficient (Wildman–Crippen LogP) is 4.53. The first kappa shape index (κ1) is 20.3. The van der Waals surface area contributed by atoms with E-state index in [0.717, 1.165) is 22.3 Å². The molecule has 0 spiro atoms. The smallest absolute Gasteiger partial charge is 0.274 e. The molecular formula is C26H22N2O3S. The first-order valence-corrected chi connectivity index (χ1v) is 11.3. The number of ether oxygens (including phenoxy) is 2. The van der Waals surface area contributed by atoms with Crippen molar-refractivity contribution in [3.05, 3.63) is 98.3 Å². The van der Waals surface area contributed by atoms with Gasteiger partial charge in [0.15, 0.2) is 4.96 Å². The Hall–Kier alpha value is -3.64. The lowest BCUT2D eigenvalue weighted by Crippen LogP contribution is -2.22. The third kappa shape index (κ3) is 3.85. The molecular weight excluding hydrogens is 420 g/mol. The van der Waals surface area contributed by atoms with Gasteiger partial charge in [-0.05, 0) is 61.4 Å². The van der Waals surface area contributed by atoms with Gasteiger partial charge >= 0.3 is 0 Å². The number of nitrogens with zero attached hydrogens (tertiary/aromatic N) is 2. The van der Waals surface area contributed by atoms with Gasteiger partial charge in [0.05, 0.1) is 15.6 Å². The zero-order chi connectivity index (χ0) is 22.1. The summed E-state index contributed by atoms with van der Waals surface area (Å²) in [4.78, 5) is 18.3. The van der Waals surface area contributed by atoms with Gasteiger partial charge in [-0.2, -0.15) is 0 Å². The summed E-state index contributed by atoms with van der Waals surface area (Å²) in [5.41, 5.74) is 4.89. The van der Waals surface area contributed by atoms with Crippen LogP contribution in [0.2, 0.25) is 0 Å². The number of aryl methyl sites for hydroxylation is 2. The number of imidazole rings is 1. The van der Waals surface area contributed by atoms with Gasteiger partial charge in [0.2, 0.25) is 0 Å². The minimum atomic E-state index is -0.0634. The molecule has 160 valence electrons. The third-order valence-corrected chi connectivity index (χ3v) is 6.41. The molecule has 2 aromatic heterocycles. The standard InChI is InChI=1S/C26H22N2O3S/c1-17-11-12-20(15-18(17)2)30-13-14-31-23-10-6-3-7-19(23)16-24-25(29)28-22-9-5-4-8-21(22)27-26(28)32-24/h3-12,15-16H,13-14H2,1-2H3/b24-16-. The van der Waals surface area contributed by atoms with Crippen molar-refractivity contribution in [3.63, 3.8) is 0 Å². The first-order chi connectivity index (χ1) is 15.6. The number of hydrogen-bond donors (Lipinski definition) is 0. The lowest BCUT2D eigenvalue weighted by Gasteiger charge is -2.11. The van der Waals surface area contributed by atoms with Gasteiger partial charge in [0, 0.05) is 5.56 Å². The SMILES string of the molecule is Cc1ccc(OCCOc2ccccc2/C=c2\sc3nc4ccccc4n3c2=O)cc1C. The lowest BCUT2D eigenvalue weighted by molar-refractivity contribution is 0.217. The molecule has 5 rings (SSSR count). The molecule has 0 N–H and O–H groups in total. The Kier molecular flexibility index (Phi) is 5.37. The zero-order valence-corrected chi connectivity index (χ0v) is 18.7. The van der Waals surface area contributed by atoms with Crippen LogP contribution in [0.4, 0.5) is 0 Å². The molecule has 0 saturated carbocycles. The number of hydrogen-bond acceptors (Lipinski definition) is 5. The van der Waals surface area contributed by atoms with E-state index in [2.05, 4.69) is 24.9 Å². The van der Waals surface area contributed by atoms with Gasteiger partial charge in [-0.15, -0.1) is 0 Å². The van der Waals surface area contributed by atoms with Gasteiger partial charge in [-0.3, -0.25) is 4.79 Å². The van der Waals surface area contributed by atoms with Crippen molar-refractivity contribution in [1.82, 2.24) is 9.38 Å². The van der Waals surface area contributed by atoms with Crippen molar-refractivity contribution in [2.45, 2.75) is 13.8 Å². The number of rotatable bonds is 6. The number of thiazole rings is 1. The van der Waals surface area contributed by atoms with Crippen LogP contribution in [0.5, 0.6) is 11.5 Å². The van der Waals surface area contributed by atoms with Crippen LogP contribution < -0.4 is 19.6 Å². The van der Waals surface area contributed by atoms with Crippen molar-refractivity contribution in [2.24, 2.45) is 0 Å². The average Bonchev–Trinajstić information content (AvgIpc) is 3.31. The first-order valence-electron chi connectivity index (χ1n) is 10.4. The lowest BCUT2D eigenvalue weighted by atomic mass is 10.1. The van der Waals surface area contributed by atoms with E-state index in [1.165, 1.54) is 22.5 Å². The van der Waals surface area contributed by atoms with Crippen LogP contribution in [-0.2, 0) is 0 Å². The predicted molar refractivity (Wildman–Crippen MR) is 129 cm³/mol. The summed E-state index contributed by atoms with van der Waals surface area (Å²) in [6, 6.07) is 21.4. The Labute approximate surface area is 189 Å².